The standard InChI is InChI=1S/C21H24Cl2N6O4/c1-13(30)29(18(31)15-4-2-8-26-12-15)21(19(32)33,7-3-9-27-20(24)25)28-11-14-5-6-16(22)17(23)10-14/h2,4-6,8,10,12,28H,3,7,9,11H2,1H3,(H,32,33)(H4,24,25,27)/t21-/m0/s1. The van der Waals surface area contributed by atoms with Crippen molar-refractivity contribution in [3.63, 3.8) is 0 Å². The minimum atomic E-state index is -2.11. The maximum Gasteiger partial charge on any atom is 0.345 e. The number of nitrogens with two attached hydrogens (primary N) is 2. The maximum atomic E-state index is 13.2. The van der Waals surface area contributed by atoms with Crippen molar-refractivity contribution in [2.24, 2.45) is 16.5 Å². The molecule has 0 aliphatic rings. The number of nitrogens with zero attached hydrogens (tertiary/aromatic N) is 3. The molecule has 1 heterocycles. The summed E-state index contributed by atoms with van der Waals surface area (Å²) in [4.78, 5) is 46.9. The summed E-state index contributed by atoms with van der Waals surface area (Å²) in [5.74, 6) is -3.18. The van der Waals surface area contributed by atoms with Crippen molar-refractivity contribution in [2.45, 2.75) is 32.0 Å². The summed E-state index contributed by atoms with van der Waals surface area (Å²) in [6.45, 7) is 1.18. The van der Waals surface area contributed by atoms with Crippen molar-refractivity contribution in [1.82, 2.24) is 15.2 Å². The van der Waals surface area contributed by atoms with Gasteiger partial charge in [-0.05, 0) is 42.7 Å². The molecule has 2 rings (SSSR count). The van der Waals surface area contributed by atoms with Crippen molar-refractivity contribution in [3.8, 4) is 0 Å². The summed E-state index contributed by atoms with van der Waals surface area (Å²) in [7, 11) is 0. The number of halogens is 2. The molecule has 1 atom stereocenters. The number of benzene rings is 1. The van der Waals surface area contributed by atoms with Crippen LogP contribution >= 0.6 is 23.2 Å². The second kappa shape index (κ2) is 11.6. The van der Waals surface area contributed by atoms with E-state index in [1.165, 1.54) is 24.5 Å². The Kier molecular flexibility index (Phi) is 9.15. The van der Waals surface area contributed by atoms with Crippen LogP contribution in [0.15, 0.2) is 47.7 Å². The van der Waals surface area contributed by atoms with Gasteiger partial charge in [-0.3, -0.25) is 24.9 Å². The number of carboxylic acids is 1. The first kappa shape index (κ1) is 26.0. The lowest BCUT2D eigenvalue weighted by Crippen LogP contribution is -2.67. The van der Waals surface area contributed by atoms with Crippen molar-refractivity contribution >= 4 is 46.9 Å². The number of hydrogen-bond acceptors (Lipinski definition) is 6. The van der Waals surface area contributed by atoms with Crippen LogP contribution in [0.2, 0.25) is 10.0 Å². The highest BCUT2D eigenvalue weighted by atomic mass is 35.5. The molecular formula is C21H24Cl2N6O4. The third-order valence-electron chi connectivity index (χ3n) is 4.72. The zero-order chi connectivity index (χ0) is 24.6. The first-order chi connectivity index (χ1) is 15.6. The molecule has 1 aromatic carbocycles. The first-order valence-corrected chi connectivity index (χ1v) is 10.6. The van der Waals surface area contributed by atoms with Crippen LogP contribution in [0.1, 0.15) is 35.7 Å². The van der Waals surface area contributed by atoms with E-state index in [0.717, 1.165) is 6.92 Å². The average Bonchev–Trinajstić information content (AvgIpc) is 2.76. The van der Waals surface area contributed by atoms with Crippen LogP contribution in [-0.4, -0.2) is 50.9 Å². The number of aliphatic carboxylic acids is 1. The number of carbonyl (C=O) groups excluding carboxylic acids is 2. The van der Waals surface area contributed by atoms with E-state index in [1.807, 2.05) is 0 Å². The van der Waals surface area contributed by atoms with Gasteiger partial charge in [-0.25, -0.2) is 9.69 Å². The number of amides is 2. The molecule has 0 radical (unpaired) electrons. The van der Waals surface area contributed by atoms with E-state index in [2.05, 4.69) is 15.3 Å². The Morgan fingerprint density at radius 3 is 2.48 bits per heavy atom. The number of nitrogens with one attached hydrogen (secondary N) is 1. The van der Waals surface area contributed by atoms with Crippen LogP contribution in [-0.2, 0) is 16.1 Å². The molecule has 0 fully saturated rings. The van der Waals surface area contributed by atoms with Crippen LogP contribution in [0.3, 0.4) is 0 Å². The molecule has 1 aromatic heterocycles. The Bertz CT molecular complexity index is 1050. The molecule has 176 valence electrons. The minimum absolute atomic E-state index is 0.0322. The molecule has 33 heavy (non-hydrogen) atoms. The van der Waals surface area contributed by atoms with Crippen molar-refractivity contribution < 1.29 is 19.5 Å². The molecule has 10 nitrogen and oxygen atoms in total. The highest BCUT2D eigenvalue weighted by Gasteiger charge is 2.48. The zero-order valence-electron chi connectivity index (χ0n) is 17.8. The highest BCUT2D eigenvalue weighted by molar-refractivity contribution is 6.42. The van der Waals surface area contributed by atoms with E-state index in [-0.39, 0.29) is 42.5 Å². The van der Waals surface area contributed by atoms with Crippen LogP contribution < -0.4 is 16.8 Å². The maximum absolute atomic E-state index is 13.2. The molecule has 0 saturated carbocycles. The SMILES string of the molecule is CC(=O)N(C(=O)c1cccnc1)[C@](CCCN=C(N)N)(NCc1ccc(Cl)c(Cl)c1)C(=O)O. The van der Waals surface area contributed by atoms with E-state index in [4.69, 9.17) is 34.7 Å². The molecule has 0 spiro atoms. The first-order valence-electron chi connectivity index (χ1n) is 9.81. The zero-order valence-corrected chi connectivity index (χ0v) is 19.3. The van der Waals surface area contributed by atoms with E-state index in [0.29, 0.717) is 15.5 Å². The van der Waals surface area contributed by atoms with Crippen LogP contribution in [0.4, 0.5) is 0 Å². The molecule has 0 unspecified atom stereocenters. The van der Waals surface area contributed by atoms with Gasteiger partial charge in [0.25, 0.3) is 5.91 Å². The normalized spacial score (nSPS) is 12.5. The van der Waals surface area contributed by atoms with Crippen molar-refractivity contribution in [1.29, 1.82) is 0 Å². The summed E-state index contributed by atoms with van der Waals surface area (Å²) in [6, 6.07) is 7.72. The number of pyridine rings is 1. The quantitative estimate of drug-likeness (QED) is 0.168. The molecule has 0 bridgehead atoms. The number of guanidine groups is 1. The molecule has 2 aromatic rings. The number of hydrogen-bond donors (Lipinski definition) is 4. The Morgan fingerprint density at radius 1 is 1.21 bits per heavy atom. The van der Waals surface area contributed by atoms with E-state index in [9.17, 15) is 19.5 Å². The third kappa shape index (κ3) is 6.64. The number of carboxylic acid groups (broad SMARTS) is 1. The molecule has 0 aliphatic carbocycles. The monoisotopic (exact) mass is 494 g/mol. The van der Waals surface area contributed by atoms with Gasteiger partial charge in [0.2, 0.25) is 11.6 Å². The van der Waals surface area contributed by atoms with Gasteiger partial charge in [-0.1, -0.05) is 29.3 Å². The third-order valence-corrected chi connectivity index (χ3v) is 5.46. The van der Waals surface area contributed by atoms with Gasteiger partial charge in [-0.15, -0.1) is 0 Å². The van der Waals surface area contributed by atoms with Gasteiger partial charge in [0.05, 0.1) is 15.6 Å². The predicted octanol–water partition coefficient (Wildman–Crippen LogP) is 2.00. The van der Waals surface area contributed by atoms with Crippen LogP contribution in [0.25, 0.3) is 0 Å². The number of aliphatic imine (C=N–C) groups is 1. The average molecular weight is 495 g/mol. The van der Waals surface area contributed by atoms with E-state index in [1.54, 1.807) is 18.2 Å². The summed E-state index contributed by atoms with van der Waals surface area (Å²) in [5, 5.41) is 13.7. The largest absolute Gasteiger partial charge is 0.478 e. The molecule has 0 aliphatic heterocycles. The fourth-order valence-electron chi connectivity index (χ4n) is 3.20. The predicted molar refractivity (Wildman–Crippen MR) is 125 cm³/mol. The topological polar surface area (TPSA) is 164 Å². The van der Waals surface area contributed by atoms with Gasteiger partial charge < -0.3 is 16.6 Å². The smallest absolute Gasteiger partial charge is 0.345 e. The van der Waals surface area contributed by atoms with Gasteiger partial charge in [0.1, 0.15) is 0 Å². The van der Waals surface area contributed by atoms with Gasteiger partial charge in [0, 0.05) is 32.4 Å². The summed E-state index contributed by atoms with van der Waals surface area (Å²) in [5.41, 5.74) is 9.23. The lowest BCUT2D eigenvalue weighted by Gasteiger charge is -2.39. The number of imide groups is 1. The fourth-order valence-corrected chi connectivity index (χ4v) is 3.52. The van der Waals surface area contributed by atoms with Crippen LogP contribution in [0, 0.1) is 0 Å². The Morgan fingerprint density at radius 2 is 1.94 bits per heavy atom. The molecular weight excluding hydrogens is 471 g/mol. The second-order valence-corrected chi connectivity index (χ2v) is 7.89. The number of carbonyl (C=O) groups is 3. The molecule has 12 heteroatoms. The lowest BCUT2D eigenvalue weighted by molar-refractivity contribution is -0.159. The van der Waals surface area contributed by atoms with Crippen molar-refractivity contribution in [2.75, 3.05) is 6.54 Å². The van der Waals surface area contributed by atoms with Gasteiger partial charge in [-0.2, -0.15) is 0 Å². The molecule has 2 amide bonds. The number of aromatic nitrogens is 1. The van der Waals surface area contributed by atoms with E-state index >= 15 is 0 Å². The Labute approximate surface area is 200 Å². The van der Waals surface area contributed by atoms with Crippen molar-refractivity contribution in [3.05, 3.63) is 63.9 Å². The minimum Gasteiger partial charge on any atom is -0.478 e. The molecule has 0 saturated heterocycles. The lowest BCUT2D eigenvalue weighted by atomic mass is 9.98. The Balaban J connectivity index is 2.49. The van der Waals surface area contributed by atoms with Gasteiger partial charge >= 0.3 is 5.97 Å². The summed E-state index contributed by atoms with van der Waals surface area (Å²) in [6.07, 6.45) is 2.69. The van der Waals surface area contributed by atoms with Crippen LogP contribution in [0.5, 0.6) is 0 Å². The summed E-state index contributed by atoms with van der Waals surface area (Å²) >= 11 is 12.0. The summed E-state index contributed by atoms with van der Waals surface area (Å²) < 4.78 is 0. The Hall–Kier alpha value is -3.21. The van der Waals surface area contributed by atoms with E-state index < -0.39 is 23.4 Å². The number of rotatable bonds is 10. The highest BCUT2D eigenvalue weighted by Crippen LogP contribution is 2.26. The second-order valence-electron chi connectivity index (χ2n) is 7.08. The fraction of sp³-hybridized carbons (Fsp3) is 0.286. The van der Waals surface area contributed by atoms with Gasteiger partial charge in [0.15, 0.2) is 5.96 Å². The molecule has 6 N–H and O–H groups in total.